The number of methoxy groups -OCH3 is 1. The van der Waals surface area contributed by atoms with Crippen LogP contribution in [0.4, 0.5) is 0 Å². The van der Waals surface area contributed by atoms with Crippen molar-refractivity contribution < 1.29 is 4.74 Å². The zero-order valence-corrected chi connectivity index (χ0v) is 11.8. The molecule has 2 N–H and O–H groups in total. The summed E-state index contributed by atoms with van der Waals surface area (Å²) in [5.74, 6) is 0.833. The van der Waals surface area contributed by atoms with E-state index in [4.69, 9.17) is 10.5 Å². The Balaban J connectivity index is 2.24. The number of rotatable bonds is 7. The molecule has 0 amide bonds. The lowest BCUT2D eigenvalue weighted by Crippen LogP contribution is -2.45. The molecular formula is C14H30N2O. The molecule has 0 aromatic carbocycles. The maximum atomic E-state index is 6.17. The van der Waals surface area contributed by atoms with Crippen LogP contribution in [0.1, 0.15) is 45.4 Å². The summed E-state index contributed by atoms with van der Waals surface area (Å²) in [7, 11) is 3.99. The number of hydrogen-bond acceptors (Lipinski definition) is 3. The van der Waals surface area contributed by atoms with E-state index in [0.29, 0.717) is 6.04 Å². The van der Waals surface area contributed by atoms with Crippen molar-refractivity contribution >= 4 is 0 Å². The van der Waals surface area contributed by atoms with Crippen LogP contribution in [-0.2, 0) is 4.74 Å². The van der Waals surface area contributed by atoms with Gasteiger partial charge in [-0.05, 0) is 38.6 Å². The van der Waals surface area contributed by atoms with Crippen LogP contribution in [0.5, 0.6) is 0 Å². The van der Waals surface area contributed by atoms with Crippen molar-refractivity contribution in [3.63, 3.8) is 0 Å². The molecule has 3 unspecified atom stereocenters. The lowest BCUT2D eigenvalue weighted by Gasteiger charge is -2.37. The van der Waals surface area contributed by atoms with E-state index in [2.05, 4.69) is 18.9 Å². The molecule has 0 bridgehead atoms. The van der Waals surface area contributed by atoms with Crippen molar-refractivity contribution in [2.75, 3.05) is 27.3 Å². The minimum absolute atomic E-state index is 0.296. The third-order valence-electron chi connectivity index (χ3n) is 4.08. The fraction of sp³-hybridized carbons (Fsp3) is 1.00. The van der Waals surface area contributed by atoms with Crippen LogP contribution in [0.25, 0.3) is 0 Å². The molecule has 0 aromatic rings. The second-order valence-electron chi connectivity index (χ2n) is 5.66. The fourth-order valence-electron chi connectivity index (χ4n) is 3.04. The lowest BCUT2D eigenvalue weighted by molar-refractivity contribution is 0.128. The van der Waals surface area contributed by atoms with Crippen molar-refractivity contribution in [1.29, 1.82) is 0 Å². The molecule has 1 fully saturated rings. The molecule has 102 valence electrons. The van der Waals surface area contributed by atoms with E-state index < -0.39 is 0 Å². The molecule has 0 saturated heterocycles. The van der Waals surface area contributed by atoms with Crippen molar-refractivity contribution in [2.45, 2.75) is 57.5 Å². The lowest BCUT2D eigenvalue weighted by atomic mass is 9.85. The monoisotopic (exact) mass is 242 g/mol. The van der Waals surface area contributed by atoms with Gasteiger partial charge < -0.3 is 15.4 Å². The Kier molecular flexibility index (Phi) is 7.09. The van der Waals surface area contributed by atoms with Crippen molar-refractivity contribution in [2.24, 2.45) is 11.7 Å². The van der Waals surface area contributed by atoms with E-state index in [1.54, 1.807) is 7.11 Å². The van der Waals surface area contributed by atoms with Crippen LogP contribution >= 0.6 is 0 Å². The predicted molar refractivity (Wildman–Crippen MR) is 73.1 cm³/mol. The zero-order valence-electron chi connectivity index (χ0n) is 11.8. The average molecular weight is 242 g/mol. The SMILES string of the molecule is COCCCC(N)CN(C)C1CCCCC1C. The van der Waals surface area contributed by atoms with Gasteiger partial charge in [-0.3, -0.25) is 0 Å². The van der Waals surface area contributed by atoms with Crippen LogP contribution < -0.4 is 5.73 Å². The summed E-state index contributed by atoms with van der Waals surface area (Å²) in [6.45, 7) is 4.24. The first-order valence-corrected chi connectivity index (χ1v) is 7.10. The quantitative estimate of drug-likeness (QED) is 0.696. The Morgan fingerprint density at radius 1 is 1.35 bits per heavy atom. The highest BCUT2D eigenvalue weighted by Crippen LogP contribution is 2.27. The number of ether oxygens (including phenoxy) is 1. The Hall–Kier alpha value is -0.120. The fourth-order valence-corrected chi connectivity index (χ4v) is 3.04. The maximum absolute atomic E-state index is 6.17. The van der Waals surface area contributed by atoms with Gasteiger partial charge in [0.15, 0.2) is 0 Å². The zero-order chi connectivity index (χ0) is 12.7. The van der Waals surface area contributed by atoms with Crippen LogP contribution in [0.15, 0.2) is 0 Å². The molecule has 17 heavy (non-hydrogen) atoms. The molecule has 1 rings (SSSR count). The van der Waals surface area contributed by atoms with Crippen molar-refractivity contribution in [3.8, 4) is 0 Å². The Morgan fingerprint density at radius 3 is 2.71 bits per heavy atom. The summed E-state index contributed by atoms with van der Waals surface area (Å²) in [5, 5.41) is 0. The van der Waals surface area contributed by atoms with Crippen molar-refractivity contribution in [1.82, 2.24) is 4.90 Å². The Morgan fingerprint density at radius 2 is 2.06 bits per heavy atom. The predicted octanol–water partition coefficient (Wildman–Crippen LogP) is 2.25. The minimum atomic E-state index is 0.296. The second kappa shape index (κ2) is 8.06. The summed E-state index contributed by atoms with van der Waals surface area (Å²) in [5.41, 5.74) is 6.17. The summed E-state index contributed by atoms with van der Waals surface area (Å²) in [4.78, 5) is 2.49. The molecule has 3 nitrogen and oxygen atoms in total. The summed E-state index contributed by atoms with van der Waals surface area (Å²) < 4.78 is 5.06. The molecule has 0 aromatic heterocycles. The maximum Gasteiger partial charge on any atom is 0.0462 e. The number of likely N-dealkylation sites (N-methyl/N-ethyl adjacent to an activating group) is 1. The first-order valence-electron chi connectivity index (χ1n) is 7.10. The molecule has 1 aliphatic rings. The van der Waals surface area contributed by atoms with Crippen LogP contribution in [0, 0.1) is 5.92 Å². The average Bonchev–Trinajstić information content (AvgIpc) is 2.29. The third-order valence-corrected chi connectivity index (χ3v) is 4.08. The molecule has 3 atom stereocenters. The highest BCUT2D eigenvalue weighted by atomic mass is 16.5. The summed E-state index contributed by atoms with van der Waals surface area (Å²) >= 11 is 0. The molecule has 3 heteroatoms. The number of nitrogens with zero attached hydrogens (tertiary/aromatic N) is 1. The van der Waals surface area contributed by atoms with E-state index >= 15 is 0 Å². The van der Waals surface area contributed by atoms with Crippen LogP contribution in [0.2, 0.25) is 0 Å². The molecule has 0 heterocycles. The Bertz CT molecular complexity index is 199. The summed E-state index contributed by atoms with van der Waals surface area (Å²) in [6.07, 6.45) is 7.67. The van der Waals surface area contributed by atoms with Gasteiger partial charge in [-0.2, -0.15) is 0 Å². The van der Waals surface area contributed by atoms with Gasteiger partial charge in [-0.15, -0.1) is 0 Å². The van der Waals surface area contributed by atoms with Crippen molar-refractivity contribution in [3.05, 3.63) is 0 Å². The molecule has 0 spiro atoms. The molecular weight excluding hydrogens is 212 g/mol. The van der Waals surface area contributed by atoms with E-state index in [1.165, 1.54) is 25.7 Å². The van der Waals surface area contributed by atoms with Gasteiger partial charge in [0.2, 0.25) is 0 Å². The van der Waals surface area contributed by atoms with E-state index in [9.17, 15) is 0 Å². The van der Waals surface area contributed by atoms with Gasteiger partial charge in [-0.25, -0.2) is 0 Å². The van der Waals surface area contributed by atoms with E-state index in [1.807, 2.05) is 0 Å². The van der Waals surface area contributed by atoms with Gasteiger partial charge in [0.25, 0.3) is 0 Å². The molecule has 1 aliphatic carbocycles. The first kappa shape index (κ1) is 14.9. The normalized spacial score (nSPS) is 27.4. The Labute approximate surface area is 107 Å². The van der Waals surface area contributed by atoms with Gasteiger partial charge in [0.05, 0.1) is 0 Å². The highest BCUT2D eigenvalue weighted by molar-refractivity contribution is 4.81. The minimum Gasteiger partial charge on any atom is -0.385 e. The molecule has 1 saturated carbocycles. The van der Waals surface area contributed by atoms with E-state index in [-0.39, 0.29) is 0 Å². The topological polar surface area (TPSA) is 38.5 Å². The molecule has 0 aliphatic heterocycles. The molecule has 0 radical (unpaired) electrons. The smallest absolute Gasteiger partial charge is 0.0462 e. The highest BCUT2D eigenvalue weighted by Gasteiger charge is 2.25. The second-order valence-corrected chi connectivity index (χ2v) is 5.66. The van der Waals surface area contributed by atoms with Gasteiger partial charge in [0.1, 0.15) is 0 Å². The standard InChI is InChI=1S/C14H30N2O/c1-12-7-4-5-9-14(12)16(2)11-13(15)8-6-10-17-3/h12-14H,4-11,15H2,1-3H3. The first-order chi connectivity index (χ1) is 8.15. The van der Waals surface area contributed by atoms with Gasteiger partial charge >= 0.3 is 0 Å². The van der Waals surface area contributed by atoms with Gasteiger partial charge in [0, 0.05) is 32.3 Å². The number of hydrogen-bond donors (Lipinski definition) is 1. The number of nitrogens with two attached hydrogens (primary N) is 1. The van der Waals surface area contributed by atoms with Crippen LogP contribution in [-0.4, -0.2) is 44.3 Å². The van der Waals surface area contributed by atoms with Gasteiger partial charge in [-0.1, -0.05) is 19.8 Å². The largest absolute Gasteiger partial charge is 0.385 e. The van der Waals surface area contributed by atoms with Crippen LogP contribution in [0.3, 0.4) is 0 Å². The summed E-state index contributed by atoms with van der Waals surface area (Å²) in [6, 6.07) is 1.04. The third kappa shape index (κ3) is 5.36. The van der Waals surface area contributed by atoms with E-state index in [0.717, 1.165) is 38.0 Å².